The SMILES string of the molecule is CC(C)(C)OC(=O)N1CCN(C2CCC(n3nc(Br)c4c(N)ncnc43)CC2)CC1. The number of rotatable bonds is 2. The third-order valence-corrected chi connectivity index (χ3v) is 6.52. The standard InChI is InChI=1S/C20H30BrN7O2/c1-20(2,3)30-19(29)27-10-8-26(9-11-27)13-4-6-14(7-5-13)28-18-15(16(21)25-28)17(22)23-12-24-18/h12-14H,4-11H2,1-3H3,(H2,22,23,24). The van der Waals surface area contributed by atoms with Crippen molar-refractivity contribution < 1.29 is 9.53 Å². The Morgan fingerprint density at radius 2 is 1.73 bits per heavy atom. The Balaban J connectivity index is 1.33. The second-order valence-corrected chi connectivity index (χ2v) is 9.91. The zero-order valence-electron chi connectivity index (χ0n) is 17.8. The maximum atomic E-state index is 12.3. The maximum absolute atomic E-state index is 12.3. The van der Waals surface area contributed by atoms with Gasteiger partial charge in [-0.1, -0.05) is 0 Å². The normalized spacial score (nSPS) is 23.7. The third-order valence-electron chi connectivity index (χ3n) is 5.97. The van der Waals surface area contributed by atoms with E-state index in [1.54, 1.807) is 0 Å². The molecule has 2 aliphatic rings. The summed E-state index contributed by atoms with van der Waals surface area (Å²) in [6.07, 6.45) is 5.60. The van der Waals surface area contributed by atoms with E-state index in [4.69, 9.17) is 10.5 Å². The van der Waals surface area contributed by atoms with Gasteiger partial charge in [0.1, 0.15) is 22.3 Å². The number of carbonyl (C=O) groups is 1. The van der Waals surface area contributed by atoms with Gasteiger partial charge in [-0.3, -0.25) is 4.90 Å². The summed E-state index contributed by atoms with van der Waals surface area (Å²) < 4.78 is 8.21. The Hall–Kier alpha value is -1.94. The maximum Gasteiger partial charge on any atom is 0.410 e. The van der Waals surface area contributed by atoms with Crippen molar-refractivity contribution in [3.05, 3.63) is 10.9 Å². The third kappa shape index (κ3) is 4.39. The molecule has 3 heterocycles. The lowest BCUT2D eigenvalue weighted by atomic mass is 9.90. The average Bonchev–Trinajstić information content (AvgIpc) is 3.05. The molecule has 1 aliphatic heterocycles. The lowest BCUT2D eigenvalue weighted by Crippen LogP contribution is -2.53. The van der Waals surface area contributed by atoms with Gasteiger partial charge in [-0.05, 0) is 62.4 Å². The molecule has 30 heavy (non-hydrogen) atoms. The van der Waals surface area contributed by atoms with E-state index in [2.05, 4.69) is 35.9 Å². The molecular formula is C20H30BrN7O2. The fraction of sp³-hybridized carbons (Fsp3) is 0.700. The molecule has 1 saturated carbocycles. The van der Waals surface area contributed by atoms with Crippen molar-refractivity contribution in [1.29, 1.82) is 0 Å². The van der Waals surface area contributed by atoms with Crippen molar-refractivity contribution in [3.63, 3.8) is 0 Å². The lowest BCUT2D eigenvalue weighted by molar-refractivity contribution is 0.00726. The van der Waals surface area contributed by atoms with Gasteiger partial charge in [0.05, 0.1) is 11.4 Å². The van der Waals surface area contributed by atoms with Crippen LogP contribution < -0.4 is 5.73 Å². The molecule has 0 spiro atoms. The topological polar surface area (TPSA) is 102 Å². The lowest BCUT2D eigenvalue weighted by Gasteiger charge is -2.42. The minimum Gasteiger partial charge on any atom is -0.444 e. The van der Waals surface area contributed by atoms with Crippen LogP contribution in [0.4, 0.5) is 10.6 Å². The first kappa shape index (κ1) is 21.3. The smallest absolute Gasteiger partial charge is 0.410 e. The van der Waals surface area contributed by atoms with Crippen LogP contribution in [0.15, 0.2) is 10.9 Å². The van der Waals surface area contributed by atoms with E-state index in [9.17, 15) is 4.79 Å². The molecule has 164 valence electrons. The summed E-state index contributed by atoms with van der Waals surface area (Å²) in [5.41, 5.74) is 6.35. The van der Waals surface area contributed by atoms with Crippen LogP contribution in [0.3, 0.4) is 0 Å². The highest BCUT2D eigenvalue weighted by atomic mass is 79.9. The summed E-state index contributed by atoms with van der Waals surface area (Å²) in [7, 11) is 0. The predicted octanol–water partition coefficient (Wildman–Crippen LogP) is 3.21. The summed E-state index contributed by atoms with van der Waals surface area (Å²) in [5, 5.41) is 5.44. The van der Waals surface area contributed by atoms with Crippen LogP contribution in [0.5, 0.6) is 0 Å². The van der Waals surface area contributed by atoms with Crippen molar-refractivity contribution in [3.8, 4) is 0 Å². The number of aromatic nitrogens is 4. The van der Waals surface area contributed by atoms with Gasteiger partial charge in [-0.25, -0.2) is 19.4 Å². The van der Waals surface area contributed by atoms with E-state index in [1.807, 2.05) is 30.4 Å². The Morgan fingerprint density at radius 1 is 1.10 bits per heavy atom. The van der Waals surface area contributed by atoms with Gasteiger partial charge < -0.3 is 15.4 Å². The molecule has 0 aromatic carbocycles. The molecule has 2 N–H and O–H groups in total. The monoisotopic (exact) mass is 479 g/mol. The van der Waals surface area contributed by atoms with Crippen LogP contribution in [0.25, 0.3) is 11.0 Å². The first-order valence-corrected chi connectivity index (χ1v) is 11.4. The molecule has 9 nitrogen and oxygen atoms in total. The first-order valence-electron chi connectivity index (χ1n) is 10.6. The predicted molar refractivity (Wildman–Crippen MR) is 118 cm³/mol. The first-order chi connectivity index (χ1) is 14.2. The van der Waals surface area contributed by atoms with Gasteiger partial charge in [0.2, 0.25) is 0 Å². The second-order valence-electron chi connectivity index (χ2n) is 9.16. The highest BCUT2D eigenvalue weighted by molar-refractivity contribution is 9.10. The van der Waals surface area contributed by atoms with E-state index >= 15 is 0 Å². The number of anilines is 1. The molecule has 0 radical (unpaired) electrons. The van der Waals surface area contributed by atoms with E-state index in [-0.39, 0.29) is 6.09 Å². The van der Waals surface area contributed by atoms with Crippen molar-refractivity contribution in [2.75, 3.05) is 31.9 Å². The number of amides is 1. The molecule has 0 atom stereocenters. The molecule has 1 amide bonds. The number of hydrogen-bond acceptors (Lipinski definition) is 7. The minimum atomic E-state index is -0.451. The highest BCUT2D eigenvalue weighted by Gasteiger charge is 2.32. The van der Waals surface area contributed by atoms with Crippen molar-refractivity contribution in [2.45, 2.75) is 64.1 Å². The molecule has 0 unspecified atom stereocenters. The largest absolute Gasteiger partial charge is 0.444 e. The van der Waals surface area contributed by atoms with E-state index in [1.165, 1.54) is 6.33 Å². The number of halogens is 1. The number of fused-ring (bicyclic) bond motifs is 1. The van der Waals surface area contributed by atoms with E-state index in [0.29, 0.717) is 22.5 Å². The number of nitrogens with two attached hydrogens (primary N) is 1. The minimum absolute atomic E-state index is 0.205. The van der Waals surface area contributed by atoms with Crippen LogP contribution in [0.1, 0.15) is 52.5 Å². The highest BCUT2D eigenvalue weighted by Crippen LogP contribution is 2.35. The van der Waals surface area contributed by atoms with Gasteiger partial charge in [0, 0.05) is 32.2 Å². The number of nitrogens with zero attached hydrogens (tertiary/aromatic N) is 6. The van der Waals surface area contributed by atoms with E-state index in [0.717, 1.165) is 62.9 Å². The number of nitrogen functional groups attached to an aromatic ring is 1. The second kappa shape index (κ2) is 8.30. The molecule has 0 bridgehead atoms. The molecule has 2 fully saturated rings. The molecule has 1 saturated heterocycles. The molecule has 2 aromatic rings. The number of carbonyl (C=O) groups excluding carboxylic acids is 1. The fourth-order valence-corrected chi connectivity index (χ4v) is 5.02. The Kier molecular flexibility index (Phi) is 5.89. The van der Waals surface area contributed by atoms with Gasteiger partial charge in [0.15, 0.2) is 5.65 Å². The number of piperazine rings is 1. The van der Waals surface area contributed by atoms with Crippen LogP contribution in [-0.4, -0.2) is 73.5 Å². The Morgan fingerprint density at radius 3 is 2.37 bits per heavy atom. The number of hydrogen-bond donors (Lipinski definition) is 1. The van der Waals surface area contributed by atoms with Crippen LogP contribution >= 0.6 is 15.9 Å². The van der Waals surface area contributed by atoms with Gasteiger partial charge in [-0.2, -0.15) is 5.10 Å². The molecule has 10 heteroatoms. The quantitative estimate of drug-likeness (QED) is 0.704. The summed E-state index contributed by atoms with van der Waals surface area (Å²) in [6, 6.07) is 0.861. The van der Waals surface area contributed by atoms with Gasteiger partial charge in [0.25, 0.3) is 0 Å². The van der Waals surface area contributed by atoms with Crippen molar-refractivity contribution >= 4 is 38.9 Å². The summed E-state index contributed by atoms with van der Waals surface area (Å²) in [4.78, 5) is 25.1. The Bertz CT molecular complexity index is 910. The summed E-state index contributed by atoms with van der Waals surface area (Å²) in [5.74, 6) is 0.453. The Labute approximate surface area is 185 Å². The molecule has 1 aliphatic carbocycles. The summed E-state index contributed by atoms with van der Waals surface area (Å²) in [6.45, 7) is 8.96. The van der Waals surface area contributed by atoms with Crippen LogP contribution in [0.2, 0.25) is 0 Å². The van der Waals surface area contributed by atoms with Crippen LogP contribution in [0, 0.1) is 0 Å². The van der Waals surface area contributed by atoms with Crippen molar-refractivity contribution in [1.82, 2.24) is 29.5 Å². The van der Waals surface area contributed by atoms with Gasteiger partial charge >= 0.3 is 6.09 Å². The van der Waals surface area contributed by atoms with E-state index < -0.39 is 5.60 Å². The van der Waals surface area contributed by atoms with Crippen molar-refractivity contribution in [2.24, 2.45) is 0 Å². The van der Waals surface area contributed by atoms with Gasteiger partial charge in [-0.15, -0.1) is 0 Å². The molecule has 2 aromatic heterocycles. The average molecular weight is 480 g/mol. The zero-order chi connectivity index (χ0) is 21.5. The van der Waals surface area contributed by atoms with Crippen LogP contribution in [-0.2, 0) is 4.74 Å². The fourth-order valence-electron chi connectivity index (χ4n) is 4.47. The summed E-state index contributed by atoms with van der Waals surface area (Å²) >= 11 is 3.50. The number of ether oxygens (including phenoxy) is 1. The molecular weight excluding hydrogens is 450 g/mol. The molecule has 4 rings (SSSR count). The zero-order valence-corrected chi connectivity index (χ0v) is 19.4.